The average Bonchev–Trinajstić information content (AvgIpc) is 2.59. The molecule has 0 radical (unpaired) electrons. The molecule has 3 rings (SSSR count). The second kappa shape index (κ2) is 7.04. The number of nitrogens with zero attached hydrogens (tertiary/aromatic N) is 4. The number of nitriles is 1. The number of hydrogen-bond acceptors (Lipinski definition) is 5. The summed E-state index contributed by atoms with van der Waals surface area (Å²) in [6.45, 7) is 1.69. The minimum absolute atomic E-state index is 0.0613. The smallest absolute Gasteiger partial charge is 0.273 e. The Labute approximate surface area is 145 Å². The van der Waals surface area contributed by atoms with E-state index in [0.717, 1.165) is 24.9 Å². The van der Waals surface area contributed by atoms with Crippen molar-refractivity contribution >= 4 is 17.5 Å². The van der Waals surface area contributed by atoms with Gasteiger partial charge in [0, 0.05) is 19.1 Å². The van der Waals surface area contributed by atoms with Crippen molar-refractivity contribution in [1.82, 2.24) is 9.55 Å². The van der Waals surface area contributed by atoms with Gasteiger partial charge in [-0.2, -0.15) is 5.26 Å². The molecule has 0 saturated carbocycles. The summed E-state index contributed by atoms with van der Waals surface area (Å²) >= 11 is 5.99. The van der Waals surface area contributed by atoms with Crippen molar-refractivity contribution in [1.29, 1.82) is 5.26 Å². The van der Waals surface area contributed by atoms with Crippen LogP contribution in [-0.2, 0) is 6.54 Å². The van der Waals surface area contributed by atoms with Crippen LogP contribution < -0.4 is 16.2 Å². The molecule has 2 heterocycles. The minimum atomic E-state index is -0.312. The Kier molecular flexibility index (Phi) is 4.84. The average molecular weight is 344 g/mol. The lowest BCUT2D eigenvalue weighted by Crippen LogP contribution is -2.45. The van der Waals surface area contributed by atoms with Gasteiger partial charge in [-0.3, -0.25) is 9.36 Å². The number of rotatable bonds is 3. The van der Waals surface area contributed by atoms with Gasteiger partial charge in [0.05, 0.1) is 24.4 Å². The third-order valence-electron chi connectivity index (χ3n) is 4.19. The molecule has 1 unspecified atom stereocenters. The fraction of sp³-hybridized carbons (Fsp3) is 0.353. The lowest BCUT2D eigenvalue weighted by atomic mass is 10.1. The monoisotopic (exact) mass is 343 g/mol. The van der Waals surface area contributed by atoms with Crippen LogP contribution in [0.25, 0.3) is 0 Å². The second-order valence-corrected chi connectivity index (χ2v) is 6.32. The van der Waals surface area contributed by atoms with Crippen LogP contribution in [0.2, 0.25) is 5.02 Å². The molecule has 1 aromatic heterocycles. The van der Waals surface area contributed by atoms with Crippen LogP contribution in [0.1, 0.15) is 24.0 Å². The first-order valence-corrected chi connectivity index (χ1v) is 8.22. The van der Waals surface area contributed by atoms with Crippen LogP contribution >= 0.6 is 11.6 Å². The van der Waals surface area contributed by atoms with E-state index >= 15 is 0 Å². The van der Waals surface area contributed by atoms with Crippen LogP contribution in [0.5, 0.6) is 0 Å². The summed E-state index contributed by atoms with van der Waals surface area (Å²) in [5, 5.41) is 9.33. The van der Waals surface area contributed by atoms with E-state index in [2.05, 4.69) is 11.1 Å². The number of aromatic nitrogens is 2. The summed E-state index contributed by atoms with van der Waals surface area (Å²) in [6.07, 6.45) is 3.30. The molecule has 1 aliphatic heterocycles. The van der Waals surface area contributed by atoms with Gasteiger partial charge in [-0.15, -0.1) is 0 Å². The Morgan fingerprint density at radius 1 is 1.42 bits per heavy atom. The van der Waals surface area contributed by atoms with Crippen LogP contribution in [0.3, 0.4) is 0 Å². The first-order chi connectivity index (χ1) is 11.6. The van der Waals surface area contributed by atoms with E-state index in [1.807, 2.05) is 17.0 Å². The molecule has 1 fully saturated rings. The van der Waals surface area contributed by atoms with Crippen molar-refractivity contribution in [2.75, 3.05) is 18.0 Å². The summed E-state index contributed by atoms with van der Waals surface area (Å²) in [4.78, 5) is 19.0. The zero-order valence-electron chi connectivity index (χ0n) is 13.2. The lowest BCUT2D eigenvalue weighted by Gasteiger charge is -2.33. The number of piperidine rings is 1. The zero-order chi connectivity index (χ0) is 17.1. The van der Waals surface area contributed by atoms with Crippen molar-refractivity contribution in [3.63, 3.8) is 0 Å². The number of benzene rings is 1. The molecular weight excluding hydrogens is 326 g/mol. The lowest BCUT2D eigenvalue weighted by molar-refractivity contribution is 0.491. The quantitative estimate of drug-likeness (QED) is 0.917. The van der Waals surface area contributed by atoms with E-state index < -0.39 is 0 Å². The van der Waals surface area contributed by atoms with Crippen molar-refractivity contribution in [2.24, 2.45) is 5.73 Å². The van der Waals surface area contributed by atoms with Crippen molar-refractivity contribution in [2.45, 2.75) is 25.4 Å². The first-order valence-electron chi connectivity index (χ1n) is 7.84. The maximum atomic E-state index is 12.6. The molecule has 124 valence electrons. The van der Waals surface area contributed by atoms with E-state index in [1.54, 1.807) is 12.1 Å². The van der Waals surface area contributed by atoms with Crippen molar-refractivity contribution < 1.29 is 0 Å². The maximum absolute atomic E-state index is 12.6. The third-order valence-corrected chi connectivity index (χ3v) is 4.45. The van der Waals surface area contributed by atoms with E-state index in [9.17, 15) is 10.1 Å². The number of anilines is 1. The first kappa shape index (κ1) is 16.5. The van der Waals surface area contributed by atoms with Crippen molar-refractivity contribution in [3.05, 3.63) is 57.0 Å². The summed E-state index contributed by atoms with van der Waals surface area (Å²) in [5.74, 6) is 0.548. The Hall–Kier alpha value is -2.36. The summed E-state index contributed by atoms with van der Waals surface area (Å²) in [5.41, 5.74) is 7.03. The van der Waals surface area contributed by atoms with Gasteiger partial charge in [0.15, 0.2) is 0 Å². The highest BCUT2D eigenvalue weighted by Gasteiger charge is 2.22. The van der Waals surface area contributed by atoms with Crippen molar-refractivity contribution in [3.8, 4) is 6.07 Å². The largest absolute Gasteiger partial charge is 0.341 e. The van der Waals surface area contributed by atoms with E-state index in [-0.39, 0.29) is 23.2 Å². The molecule has 0 aliphatic carbocycles. The molecule has 24 heavy (non-hydrogen) atoms. The van der Waals surface area contributed by atoms with E-state index in [4.69, 9.17) is 17.3 Å². The second-order valence-electron chi connectivity index (χ2n) is 5.91. The number of nitrogens with two attached hydrogens (primary N) is 1. The van der Waals surface area contributed by atoms with Crippen LogP contribution in [-0.4, -0.2) is 28.7 Å². The molecule has 0 amide bonds. The highest BCUT2D eigenvalue weighted by Crippen LogP contribution is 2.19. The van der Waals surface area contributed by atoms with Gasteiger partial charge in [-0.25, -0.2) is 4.98 Å². The molecule has 0 spiro atoms. The summed E-state index contributed by atoms with van der Waals surface area (Å²) in [6, 6.07) is 9.42. The number of hydrogen-bond donors (Lipinski definition) is 1. The molecular formula is C17H18ClN5O. The Morgan fingerprint density at radius 2 is 2.21 bits per heavy atom. The molecule has 1 atom stereocenters. The molecule has 2 aromatic rings. The van der Waals surface area contributed by atoms with Gasteiger partial charge in [-0.05, 0) is 24.5 Å². The maximum Gasteiger partial charge on any atom is 0.273 e. The normalized spacial score (nSPS) is 17.5. The van der Waals surface area contributed by atoms with Gasteiger partial charge >= 0.3 is 0 Å². The molecule has 6 nitrogen and oxygen atoms in total. The van der Waals surface area contributed by atoms with E-state index in [0.29, 0.717) is 18.1 Å². The predicted molar refractivity (Wildman–Crippen MR) is 93.2 cm³/mol. The van der Waals surface area contributed by atoms with E-state index in [1.165, 1.54) is 10.8 Å². The minimum Gasteiger partial charge on any atom is -0.341 e. The Bertz CT molecular complexity index is 842. The molecule has 1 saturated heterocycles. The molecule has 1 aromatic carbocycles. The van der Waals surface area contributed by atoms with Crippen LogP contribution in [0.4, 0.5) is 5.95 Å². The Balaban J connectivity index is 2.04. The highest BCUT2D eigenvalue weighted by atomic mass is 35.5. The van der Waals surface area contributed by atoms with Gasteiger partial charge in [0.2, 0.25) is 5.95 Å². The van der Waals surface area contributed by atoms with Gasteiger partial charge in [0.25, 0.3) is 5.56 Å². The van der Waals surface area contributed by atoms with Gasteiger partial charge in [-0.1, -0.05) is 29.8 Å². The zero-order valence-corrected chi connectivity index (χ0v) is 13.9. The SMILES string of the molecule is N#Cc1ccccc1Cn1c(N2CCCC(N)C2)ncc(Cl)c1=O. The standard InChI is InChI=1S/C17H18ClN5O/c18-15-9-21-17(22-7-3-6-14(20)11-22)23(16(15)24)10-13-5-2-1-4-12(13)8-19/h1-2,4-5,9,14H,3,6-7,10-11,20H2. The Morgan fingerprint density at radius 3 is 2.96 bits per heavy atom. The highest BCUT2D eigenvalue weighted by molar-refractivity contribution is 6.30. The van der Waals surface area contributed by atoms with Gasteiger partial charge in [0.1, 0.15) is 5.02 Å². The topological polar surface area (TPSA) is 87.9 Å². The molecule has 2 N–H and O–H groups in total. The molecule has 7 heteroatoms. The summed E-state index contributed by atoms with van der Waals surface area (Å²) < 4.78 is 1.52. The molecule has 0 bridgehead atoms. The van der Waals surface area contributed by atoms with Crippen LogP contribution in [0.15, 0.2) is 35.3 Å². The van der Waals surface area contributed by atoms with Gasteiger partial charge < -0.3 is 10.6 Å². The number of halogens is 1. The fourth-order valence-electron chi connectivity index (χ4n) is 2.98. The summed E-state index contributed by atoms with van der Waals surface area (Å²) in [7, 11) is 0. The molecule has 1 aliphatic rings. The predicted octanol–water partition coefficient (Wildman–Crippen LogP) is 1.74. The third kappa shape index (κ3) is 3.28. The fourth-order valence-corrected chi connectivity index (χ4v) is 3.13. The van der Waals surface area contributed by atoms with Crippen LogP contribution in [0, 0.1) is 11.3 Å².